The number of anilines is 1. The van der Waals surface area contributed by atoms with E-state index in [-0.39, 0.29) is 23.1 Å². The third-order valence-electron chi connectivity index (χ3n) is 6.04. The molecule has 0 bridgehead atoms. The molecule has 3 amide bonds. The summed E-state index contributed by atoms with van der Waals surface area (Å²) < 4.78 is 14.7. The largest absolute Gasteiger partial charge is 0.364 e. The number of nitrogens with one attached hydrogen (secondary N) is 1. The van der Waals surface area contributed by atoms with E-state index in [2.05, 4.69) is 21.9 Å². The molecule has 3 aromatic rings. The minimum atomic E-state index is -1.08. The predicted octanol–water partition coefficient (Wildman–Crippen LogP) is 2.86. The fourth-order valence-electron chi connectivity index (χ4n) is 4.29. The van der Waals surface area contributed by atoms with Crippen molar-refractivity contribution < 1.29 is 18.8 Å². The molecule has 10 nitrogen and oxygen atoms in total. The van der Waals surface area contributed by atoms with E-state index >= 15 is 0 Å². The van der Waals surface area contributed by atoms with E-state index in [0.29, 0.717) is 36.3 Å². The summed E-state index contributed by atoms with van der Waals surface area (Å²) in [5, 5.41) is 2.73. The second-order valence-electron chi connectivity index (χ2n) is 8.57. The maximum Gasteiger partial charge on any atom is 0.282 e. The van der Waals surface area contributed by atoms with E-state index in [4.69, 9.17) is 11.6 Å². The van der Waals surface area contributed by atoms with Crippen molar-refractivity contribution in [2.45, 2.75) is 32.2 Å². The van der Waals surface area contributed by atoms with Gasteiger partial charge in [0, 0.05) is 23.9 Å². The van der Waals surface area contributed by atoms with Crippen molar-refractivity contribution in [2.24, 2.45) is 5.73 Å². The number of benzene rings is 1. The van der Waals surface area contributed by atoms with Crippen LogP contribution in [0.2, 0.25) is 0 Å². The summed E-state index contributed by atoms with van der Waals surface area (Å²) in [5.41, 5.74) is 7.55. The number of aryl methyl sites for hydroxylation is 1. The minimum absolute atomic E-state index is 0.0665. The molecular weight excluding hydrogens is 465 g/mol. The second-order valence-corrected chi connectivity index (χ2v) is 8.57. The van der Waals surface area contributed by atoms with Crippen LogP contribution >= 0.6 is 0 Å². The van der Waals surface area contributed by atoms with Crippen molar-refractivity contribution in [3.63, 3.8) is 0 Å². The highest BCUT2D eigenvalue weighted by atomic mass is 19.1. The van der Waals surface area contributed by atoms with Gasteiger partial charge in [0.1, 0.15) is 11.5 Å². The van der Waals surface area contributed by atoms with E-state index in [0.717, 1.165) is 16.7 Å². The van der Waals surface area contributed by atoms with Crippen LogP contribution in [0.3, 0.4) is 0 Å². The van der Waals surface area contributed by atoms with Crippen LogP contribution in [0, 0.1) is 6.92 Å². The predicted molar refractivity (Wildman–Crippen MR) is 132 cm³/mol. The molecular formula is C25H26FN7O3. The van der Waals surface area contributed by atoms with Crippen LogP contribution in [0.5, 0.6) is 0 Å². The van der Waals surface area contributed by atoms with Crippen LogP contribution in [-0.4, -0.2) is 43.8 Å². The molecule has 11 heteroatoms. The molecule has 0 unspecified atom stereocenters. The van der Waals surface area contributed by atoms with Crippen LogP contribution in [0.4, 0.5) is 10.2 Å². The summed E-state index contributed by atoms with van der Waals surface area (Å²) in [6.07, 6.45) is 3.54. The molecule has 36 heavy (non-hydrogen) atoms. The Morgan fingerprint density at radius 1 is 1.17 bits per heavy atom. The first-order valence-electron chi connectivity index (χ1n) is 11.3. The molecule has 1 aromatic carbocycles. The molecule has 1 fully saturated rings. The van der Waals surface area contributed by atoms with Gasteiger partial charge in [0.2, 0.25) is 0 Å². The highest BCUT2D eigenvalue weighted by Gasteiger charge is 2.35. The number of nitrogens with zero attached hydrogens (tertiary/aromatic N) is 4. The number of halogens is 1. The van der Waals surface area contributed by atoms with Gasteiger partial charge in [0.15, 0.2) is 17.3 Å². The van der Waals surface area contributed by atoms with E-state index < -0.39 is 23.7 Å². The van der Waals surface area contributed by atoms with Gasteiger partial charge < -0.3 is 21.8 Å². The lowest BCUT2D eigenvalue weighted by atomic mass is 10.0. The van der Waals surface area contributed by atoms with Crippen molar-refractivity contribution in [3.05, 3.63) is 77.6 Å². The Bertz CT molecular complexity index is 1350. The summed E-state index contributed by atoms with van der Waals surface area (Å²) in [6, 6.07) is 9.30. The first-order valence-corrected chi connectivity index (χ1v) is 11.3. The minimum Gasteiger partial charge on any atom is -0.364 e. The van der Waals surface area contributed by atoms with E-state index in [1.54, 1.807) is 36.5 Å². The maximum absolute atomic E-state index is 13.7. The van der Waals surface area contributed by atoms with Crippen LogP contribution in [0.15, 0.2) is 55.0 Å². The normalized spacial score (nSPS) is 15.4. The average Bonchev–Trinajstić information content (AvgIpc) is 3.20. The first kappa shape index (κ1) is 24.6. The molecule has 0 aliphatic carbocycles. The number of carbonyl (C=O) groups is 3. The summed E-state index contributed by atoms with van der Waals surface area (Å²) in [4.78, 5) is 47.3. The van der Waals surface area contributed by atoms with Crippen LogP contribution < -0.4 is 16.9 Å². The number of pyridine rings is 1. The van der Waals surface area contributed by atoms with Gasteiger partial charge >= 0.3 is 0 Å². The summed E-state index contributed by atoms with van der Waals surface area (Å²) in [7, 11) is 0. The Hall–Kier alpha value is -4.54. The van der Waals surface area contributed by atoms with Crippen molar-refractivity contribution in [1.82, 2.24) is 19.5 Å². The standard InChI is InChI=1S/C25H26FN7O3/c1-14-10-11-29-19(13-14)30-24(35)17-8-6-16(7-9-17)20-21(22(27)34)33(28)23(31-20)18-5-3-4-12-32(18)25(36)15(2)26/h6-11,13,18H,2-5,12,28H2,1H3,(H2,27,34)(H,29,30,35)/t18-/m0/s1. The lowest BCUT2D eigenvalue weighted by Gasteiger charge is -2.34. The van der Waals surface area contributed by atoms with Gasteiger partial charge in [-0.15, -0.1) is 0 Å². The third kappa shape index (κ3) is 4.81. The zero-order valence-electron chi connectivity index (χ0n) is 19.7. The number of piperidine rings is 1. The lowest BCUT2D eigenvalue weighted by Crippen LogP contribution is -2.40. The molecule has 186 valence electrons. The van der Waals surface area contributed by atoms with Gasteiger partial charge in [-0.2, -0.15) is 0 Å². The van der Waals surface area contributed by atoms with Gasteiger partial charge in [-0.05, 0) is 56.0 Å². The maximum atomic E-state index is 13.7. The van der Waals surface area contributed by atoms with Gasteiger partial charge in [-0.25, -0.2) is 19.0 Å². The number of hydrogen-bond acceptors (Lipinski definition) is 6. The molecule has 0 spiro atoms. The van der Waals surface area contributed by atoms with Gasteiger partial charge in [-0.1, -0.05) is 18.7 Å². The Morgan fingerprint density at radius 3 is 2.53 bits per heavy atom. The second kappa shape index (κ2) is 9.98. The van der Waals surface area contributed by atoms with Crippen LogP contribution in [0.25, 0.3) is 11.3 Å². The molecule has 1 aliphatic rings. The number of imidazole rings is 1. The SMILES string of the molecule is C=C(F)C(=O)N1CCCC[C@H]1c1nc(-c2ccc(C(=O)Nc3cc(C)ccn3)cc2)c(C(N)=O)n1N. The molecule has 0 radical (unpaired) electrons. The number of amides is 3. The van der Waals surface area contributed by atoms with E-state index in [1.165, 1.54) is 4.90 Å². The number of nitrogens with two attached hydrogens (primary N) is 2. The summed E-state index contributed by atoms with van der Waals surface area (Å²) in [6.45, 7) is 5.30. The van der Waals surface area contributed by atoms with Crippen molar-refractivity contribution in [1.29, 1.82) is 0 Å². The molecule has 1 aliphatic heterocycles. The number of nitrogen functional groups attached to an aromatic ring is 1. The Balaban J connectivity index is 1.66. The number of likely N-dealkylation sites (tertiary alicyclic amines) is 1. The van der Waals surface area contributed by atoms with Crippen LogP contribution in [-0.2, 0) is 4.79 Å². The number of aromatic nitrogens is 3. The lowest BCUT2D eigenvalue weighted by molar-refractivity contribution is -0.132. The van der Waals surface area contributed by atoms with E-state index in [9.17, 15) is 18.8 Å². The van der Waals surface area contributed by atoms with E-state index in [1.807, 2.05) is 13.0 Å². The Morgan fingerprint density at radius 2 is 1.89 bits per heavy atom. The number of carbonyl (C=O) groups excluding carboxylic acids is 3. The number of rotatable bonds is 6. The van der Waals surface area contributed by atoms with Crippen LogP contribution in [0.1, 0.15) is 57.5 Å². The quantitative estimate of drug-likeness (QED) is 0.357. The summed E-state index contributed by atoms with van der Waals surface area (Å²) in [5.74, 6) is 3.75. The highest BCUT2D eigenvalue weighted by Crippen LogP contribution is 2.34. The Labute approximate surface area is 206 Å². The Kier molecular flexibility index (Phi) is 6.82. The van der Waals surface area contributed by atoms with Gasteiger partial charge in [0.25, 0.3) is 17.7 Å². The fourth-order valence-corrected chi connectivity index (χ4v) is 4.29. The molecule has 4 rings (SSSR count). The smallest absolute Gasteiger partial charge is 0.282 e. The van der Waals surface area contributed by atoms with Crippen molar-refractivity contribution in [2.75, 3.05) is 17.7 Å². The zero-order valence-corrected chi connectivity index (χ0v) is 19.7. The number of primary amides is 1. The zero-order chi connectivity index (χ0) is 26.0. The highest BCUT2D eigenvalue weighted by molar-refractivity contribution is 6.04. The summed E-state index contributed by atoms with van der Waals surface area (Å²) >= 11 is 0. The molecule has 1 atom stereocenters. The molecule has 5 N–H and O–H groups in total. The van der Waals surface area contributed by atoms with Gasteiger partial charge in [-0.3, -0.25) is 14.4 Å². The topological polar surface area (TPSA) is 149 Å². The molecule has 0 saturated carbocycles. The first-order chi connectivity index (χ1) is 17.2. The van der Waals surface area contributed by atoms with Crippen molar-refractivity contribution in [3.8, 4) is 11.3 Å². The molecule has 2 aromatic heterocycles. The fraction of sp³-hybridized carbons (Fsp3) is 0.240. The molecule has 3 heterocycles. The number of hydrogen-bond donors (Lipinski definition) is 3. The van der Waals surface area contributed by atoms with Gasteiger partial charge in [0.05, 0.1) is 6.04 Å². The monoisotopic (exact) mass is 491 g/mol. The third-order valence-corrected chi connectivity index (χ3v) is 6.04. The van der Waals surface area contributed by atoms with Crippen molar-refractivity contribution >= 4 is 23.5 Å². The average molecular weight is 492 g/mol. The molecule has 1 saturated heterocycles.